The van der Waals surface area contributed by atoms with Crippen LogP contribution in [0.3, 0.4) is 0 Å². The summed E-state index contributed by atoms with van der Waals surface area (Å²) in [6, 6.07) is 4.59. The number of nitrogens with two attached hydrogens (primary N) is 1. The molecule has 0 spiro atoms. The van der Waals surface area contributed by atoms with Crippen molar-refractivity contribution in [1.82, 2.24) is 4.98 Å². The molecular weight excluding hydrogens is 226 g/mol. The summed E-state index contributed by atoms with van der Waals surface area (Å²) >= 11 is 0. The van der Waals surface area contributed by atoms with Crippen LogP contribution >= 0.6 is 0 Å². The zero-order valence-corrected chi connectivity index (χ0v) is 11.5. The minimum Gasteiger partial charge on any atom is -0.375 e. The molecule has 1 aliphatic heterocycles. The lowest BCUT2D eigenvalue weighted by Gasteiger charge is -2.38. The maximum absolute atomic E-state index is 5.98. The van der Waals surface area contributed by atoms with E-state index in [0.717, 1.165) is 31.0 Å². The normalized spacial score (nSPS) is 26.1. The van der Waals surface area contributed by atoms with Crippen LogP contribution in [0.15, 0.2) is 18.3 Å². The first-order chi connectivity index (χ1) is 8.61. The topological polar surface area (TPSA) is 51.4 Å². The van der Waals surface area contributed by atoms with Gasteiger partial charge in [0.15, 0.2) is 0 Å². The average molecular weight is 249 g/mol. The van der Waals surface area contributed by atoms with E-state index < -0.39 is 0 Å². The average Bonchev–Trinajstić information content (AvgIpc) is 2.41. The molecule has 4 nitrogen and oxygen atoms in total. The molecule has 3 atom stereocenters. The van der Waals surface area contributed by atoms with Gasteiger partial charge in [0, 0.05) is 18.6 Å². The predicted molar refractivity (Wildman–Crippen MR) is 73.7 cm³/mol. The van der Waals surface area contributed by atoms with Gasteiger partial charge in [-0.05, 0) is 32.4 Å². The van der Waals surface area contributed by atoms with Crippen LogP contribution in [-0.2, 0) is 4.74 Å². The lowest BCUT2D eigenvalue weighted by Crippen LogP contribution is -2.47. The summed E-state index contributed by atoms with van der Waals surface area (Å²) in [6.45, 7) is 8.05. The van der Waals surface area contributed by atoms with Crippen molar-refractivity contribution >= 4 is 5.69 Å². The van der Waals surface area contributed by atoms with Gasteiger partial charge in [-0.15, -0.1) is 0 Å². The van der Waals surface area contributed by atoms with Crippen molar-refractivity contribution < 1.29 is 4.74 Å². The zero-order chi connectivity index (χ0) is 13.1. The first-order valence-electron chi connectivity index (χ1n) is 6.71. The largest absolute Gasteiger partial charge is 0.375 e. The minimum atomic E-state index is 0.0417. The molecule has 1 aliphatic rings. The van der Waals surface area contributed by atoms with Crippen molar-refractivity contribution in [3.63, 3.8) is 0 Å². The Hall–Kier alpha value is -1.13. The SMILES string of the molecule is CC[C@@H](N)c1ccc(N2CC(C)OCC2C)cn1. The highest BCUT2D eigenvalue weighted by Gasteiger charge is 2.23. The third-order valence-electron chi connectivity index (χ3n) is 3.53. The van der Waals surface area contributed by atoms with E-state index in [1.807, 2.05) is 12.3 Å². The van der Waals surface area contributed by atoms with E-state index in [0.29, 0.717) is 6.04 Å². The smallest absolute Gasteiger partial charge is 0.0723 e. The van der Waals surface area contributed by atoms with Crippen LogP contribution in [0, 0.1) is 0 Å². The molecule has 1 saturated heterocycles. The minimum absolute atomic E-state index is 0.0417. The van der Waals surface area contributed by atoms with Crippen LogP contribution in [0.25, 0.3) is 0 Å². The standard InChI is InChI=1S/C14H23N3O/c1-4-13(15)14-6-5-12(7-16-14)17-8-11(3)18-9-10(17)2/h5-7,10-11,13H,4,8-9,15H2,1-3H3/t10?,11?,13-/m1/s1. The summed E-state index contributed by atoms with van der Waals surface area (Å²) in [6.07, 6.45) is 3.12. The van der Waals surface area contributed by atoms with E-state index in [4.69, 9.17) is 10.5 Å². The van der Waals surface area contributed by atoms with E-state index in [-0.39, 0.29) is 12.1 Å². The van der Waals surface area contributed by atoms with E-state index in [1.54, 1.807) is 0 Å². The van der Waals surface area contributed by atoms with Gasteiger partial charge >= 0.3 is 0 Å². The van der Waals surface area contributed by atoms with Crippen molar-refractivity contribution in [1.29, 1.82) is 0 Å². The molecule has 4 heteroatoms. The fourth-order valence-electron chi connectivity index (χ4n) is 2.26. The van der Waals surface area contributed by atoms with E-state index in [9.17, 15) is 0 Å². The summed E-state index contributed by atoms with van der Waals surface area (Å²) in [5.74, 6) is 0. The zero-order valence-electron chi connectivity index (χ0n) is 11.5. The first kappa shape index (κ1) is 13.3. The fourth-order valence-corrected chi connectivity index (χ4v) is 2.26. The number of anilines is 1. The maximum atomic E-state index is 5.98. The second kappa shape index (κ2) is 5.67. The molecule has 2 rings (SSSR count). The molecule has 0 saturated carbocycles. The molecule has 100 valence electrons. The van der Waals surface area contributed by atoms with Gasteiger partial charge < -0.3 is 15.4 Å². The number of hydrogen-bond acceptors (Lipinski definition) is 4. The second-order valence-electron chi connectivity index (χ2n) is 5.10. The monoisotopic (exact) mass is 249 g/mol. The van der Waals surface area contributed by atoms with Gasteiger partial charge in [0.25, 0.3) is 0 Å². The Morgan fingerprint density at radius 3 is 2.89 bits per heavy atom. The van der Waals surface area contributed by atoms with Gasteiger partial charge in [-0.1, -0.05) is 6.92 Å². The van der Waals surface area contributed by atoms with Crippen molar-refractivity contribution in [2.24, 2.45) is 5.73 Å². The third kappa shape index (κ3) is 2.82. The van der Waals surface area contributed by atoms with Crippen LogP contribution in [0.5, 0.6) is 0 Å². The van der Waals surface area contributed by atoms with E-state index in [1.165, 1.54) is 0 Å². The highest BCUT2D eigenvalue weighted by molar-refractivity contribution is 5.46. The van der Waals surface area contributed by atoms with Crippen molar-refractivity contribution in [3.05, 3.63) is 24.0 Å². The highest BCUT2D eigenvalue weighted by atomic mass is 16.5. The van der Waals surface area contributed by atoms with E-state index in [2.05, 4.69) is 36.7 Å². The molecule has 1 aromatic rings. The van der Waals surface area contributed by atoms with Crippen LogP contribution in [-0.4, -0.2) is 30.3 Å². The quantitative estimate of drug-likeness (QED) is 0.891. The molecule has 0 bridgehead atoms. The summed E-state index contributed by atoms with van der Waals surface area (Å²) in [5, 5.41) is 0. The fraction of sp³-hybridized carbons (Fsp3) is 0.643. The molecule has 0 amide bonds. The van der Waals surface area contributed by atoms with E-state index >= 15 is 0 Å². The molecule has 1 aromatic heterocycles. The summed E-state index contributed by atoms with van der Waals surface area (Å²) in [5.41, 5.74) is 8.10. The lowest BCUT2D eigenvalue weighted by molar-refractivity contribution is 0.0343. The summed E-state index contributed by atoms with van der Waals surface area (Å²) in [7, 11) is 0. The van der Waals surface area contributed by atoms with Crippen molar-refractivity contribution in [3.8, 4) is 0 Å². The molecule has 2 heterocycles. The Morgan fingerprint density at radius 1 is 1.50 bits per heavy atom. The Kier molecular flexibility index (Phi) is 4.19. The van der Waals surface area contributed by atoms with Gasteiger partial charge in [-0.2, -0.15) is 0 Å². The third-order valence-corrected chi connectivity index (χ3v) is 3.53. The van der Waals surface area contributed by atoms with Crippen molar-refractivity contribution in [2.45, 2.75) is 45.4 Å². The Bertz CT molecular complexity index is 379. The first-order valence-corrected chi connectivity index (χ1v) is 6.71. The molecule has 1 fully saturated rings. The molecule has 0 radical (unpaired) electrons. The maximum Gasteiger partial charge on any atom is 0.0723 e. The molecule has 0 aliphatic carbocycles. The number of pyridine rings is 1. The van der Waals surface area contributed by atoms with Crippen molar-refractivity contribution in [2.75, 3.05) is 18.1 Å². The number of rotatable bonds is 3. The number of ether oxygens (including phenoxy) is 1. The summed E-state index contributed by atoms with van der Waals surface area (Å²) < 4.78 is 5.64. The van der Waals surface area contributed by atoms with Crippen LogP contribution in [0.4, 0.5) is 5.69 Å². The van der Waals surface area contributed by atoms with Crippen LogP contribution in [0.2, 0.25) is 0 Å². The number of aromatic nitrogens is 1. The summed E-state index contributed by atoms with van der Waals surface area (Å²) in [4.78, 5) is 6.83. The number of hydrogen-bond donors (Lipinski definition) is 1. The molecule has 2 unspecified atom stereocenters. The molecule has 2 N–H and O–H groups in total. The van der Waals surface area contributed by atoms with Gasteiger partial charge in [0.2, 0.25) is 0 Å². The highest BCUT2D eigenvalue weighted by Crippen LogP contribution is 2.22. The van der Waals surface area contributed by atoms with Gasteiger partial charge in [0.05, 0.1) is 30.3 Å². The van der Waals surface area contributed by atoms with Crippen LogP contribution < -0.4 is 10.6 Å². The number of nitrogens with zero attached hydrogens (tertiary/aromatic N) is 2. The van der Waals surface area contributed by atoms with Gasteiger partial charge in [-0.3, -0.25) is 4.98 Å². The van der Waals surface area contributed by atoms with Crippen LogP contribution in [0.1, 0.15) is 38.9 Å². The Labute approximate surface area is 109 Å². The Morgan fingerprint density at radius 2 is 2.28 bits per heavy atom. The predicted octanol–water partition coefficient (Wildman–Crippen LogP) is 2.10. The molecule has 18 heavy (non-hydrogen) atoms. The lowest BCUT2D eigenvalue weighted by atomic mass is 10.1. The second-order valence-corrected chi connectivity index (χ2v) is 5.10. The Balaban J connectivity index is 2.13. The molecular formula is C14H23N3O. The van der Waals surface area contributed by atoms with Gasteiger partial charge in [-0.25, -0.2) is 0 Å². The number of morpholine rings is 1. The van der Waals surface area contributed by atoms with Gasteiger partial charge in [0.1, 0.15) is 0 Å². The molecule has 0 aromatic carbocycles.